The van der Waals surface area contributed by atoms with E-state index in [9.17, 15) is 28.1 Å². The van der Waals surface area contributed by atoms with E-state index in [0.29, 0.717) is 5.56 Å². The highest BCUT2D eigenvalue weighted by Gasteiger charge is 2.33. The topological polar surface area (TPSA) is 63.4 Å². The van der Waals surface area contributed by atoms with Crippen LogP contribution >= 0.6 is 11.6 Å². The number of amides is 1. The maximum Gasteiger partial charge on any atom is 0.417 e. The van der Waals surface area contributed by atoms with Gasteiger partial charge >= 0.3 is 6.18 Å². The molecule has 0 saturated heterocycles. The van der Waals surface area contributed by atoms with Crippen molar-refractivity contribution in [2.24, 2.45) is 0 Å². The van der Waals surface area contributed by atoms with Gasteiger partial charge in [0.05, 0.1) is 22.1 Å². The molecule has 0 aliphatic carbocycles. The molecule has 0 saturated carbocycles. The van der Waals surface area contributed by atoms with Gasteiger partial charge in [-0.05, 0) is 23.8 Å². The van der Waals surface area contributed by atoms with Gasteiger partial charge in [-0.25, -0.2) is 0 Å². The van der Waals surface area contributed by atoms with Crippen molar-refractivity contribution in [2.75, 3.05) is 7.05 Å². The van der Waals surface area contributed by atoms with E-state index >= 15 is 0 Å². The van der Waals surface area contributed by atoms with Gasteiger partial charge < -0.3 is 4.90 Å². The molecule has 0 aromatic heterocycles. The highest BCUT2D eigenvalue weighted by Crippen LogP contribution is 2.35. The molecule has 0 bridgehead atoms. The molecule has 0 aliphatic heterocycles. The van der Waals surface area contributed by atoms with Gasteiger partial charge in [0, 0.05) is 24.8 Å². The number of carbonyl (C=O) groups is 1. The highest BCUT2D eigenvalue weighted by molar-refractivity contribution is 6.31. The maximum atomic E-state index is 12.9. The van der Waals surface area contributed by atoms with Crippen LogP contribution in [0.15, 0.2) is 48.5 Å². The Morgan fingerprint density at radius 1 is 1.26 bits per heavy atom. The van der Waals surface area contributed by atoms with Gasteiger partial charge in [-0.2, -0.15) is 13.2 Å². The fourth-order valence-electron chi connectivity index (χ4n) is 2.31. The normalized spacial score (nSPS) is 11.6. The number of benzene rings is 2. The SMILES string of the molecule is CN(Cc1ccccc1[N+](=O)[O-])C(=O)/C=C/c1ccc(Cl)c(C(F)(F)F)c1. The summed E-state index contributed by atoms with van der Waals surface area (Å²) >= 11 is 5.55. The summed E-state index contributed by atoms with van der Waals surface area (Å²) in [6.07, 6.45) is -2.28. The molecule has 9 heteroatoms. The van der Waals surface area contributed by atoms with Crippen molar-refractivity contribution in [3.8, 4) is 0 Å². The fourth-order valence-corrected chi connectivity index (χ4v) is 2.54. The number of halogens is 4. The Kier molecular flexibility index (Phi) is 6.22. The predicted octanol–water partition coefficient (Wildman–Crippen LogP) is 4.94. The first-order chi connectivity index (χ1) is 12.6. The molecule has 2 aromatic rings. The molecule has 0 spiro atoms. The van der Waals surface area contributed by atoms with Gasteiger partial charge in [0.15, 0.2) is 0 Å². The van der Waals surface area contributed by atoms with Crippen LogP contribution in [0.1, 0.15) is 16.7 Å². The second kappa shape index (κ2) is 8.22. The van der Waals surface area contributed by atoms with E-state index in [-0.39, 0.29) is 17.8 Å². The third-order valence-corrected chi connectivity index (χ3v) is 4.02. The number of nitro groups is 1. The molecule has 5 nitrogen and oxygen atoms in total. The molecular formula is C18H14ClF3N2O3. The van der Waals surface area contributed by atoms with Crippen molar-refractivity contribution >= 4 is 29.3 Å². The van der Waals surface area contributed by atoms with Gasteiger partial charge in [0.2, 0.25) is 5.91 Å². The van der Waals surface area contributed by atoms with Gasteiger partial charge in [-0.15, -0.1) is 0 Å². The smallest absolute Gasteiger partial charge is 0.338 e. The van der Waals surface area contributed by atoms with Crippen LogP contribution in [0.25, 0.3) is 6.08 Å². The summed E-state index contributed by atoms with van der Waals surface area (Å²) < 4.78 is 38.6. The van der Waals surface area contributed by atoms with Crippen LogP contribution < -0.4 is 0 Å². The third kappa shape index (κ3) is 5.30. The van der Waals surface area contributed by atoms with Crippen LogP contribution in [0, 0.1) is 10.1 Å². The first kappa shape index (κ1) is 20.4. The van der Waals surface area contributed by atoms with Crippen LogP contribution in [0.4, 0.5) is 18.9 Å². The van der Waals surface area contributed by atoms with Gasteiger partial charge in [0.25, 0.3) is 5.69 Å². The summed E-state index contributed by atoms with van der Waals surface area (Å²) in [5.41, 5.74) is -0.613. The van der Waals surface area contributed by atoms with Crippen LogP contribution in [-0.2, 0) is 17.5 Å². The number of hydrogen-bond acceptors (Lipinski definition) is 3. The van der Waals surface area contributed by atoms with E-state index in [0.717, 1.165) is 18.2 Å². The summed E-state index contributed by atoms with van der Waals surface area (Å²) in [6.45, 7) is -0.0191. The Bertz CT molecular complexity index is 898. The third-order valence-electron chi connectivity index (χ3n) is 3.69. The molecule has 142 valence electrons. The first-order valence-corrected chi connectivity index (χ1v) is 7.99. The monoisotopic (exact) mass is 398 g/mol. The molecule has 0 radical (unpaired) electrons. The van der Waals surface area contributed by atoms with E-state index in [1.807, 2.05) is 0 Å². The average molecular weight is 399 g/mol. The number of nitro benzene ring substituents is 1. The molecule has 2 aromatic carbocycles. The van der Waals surface area contributed by atoms with Crippen molar-refractivity contribution in [2.45, 2.75) is 12.7 Å². The Hall–Kier alpha value is -2.87. The second-order valence-electron chi connectivity index (χ2n) is 5.65. The molecule has 0 N–H and O–H groups in total. The molecule has 0 unspecified atom stereocenters. The number of rotatable bonds is 5. The minimum Gasteiger partial charge on any atom is -0.338 e. The molecule has 0 aliphatic rings. The highest BCUT2D eigenvalue weighted by atomic mass is 35.5. The molecule has 1 amide bonds. The minimum absolute atomic E-state index is 0.0191. The standard InChI is InChI=1S/C18H14ClF3N2O3/c1-23(11-13-4-2-3-5-16(13)24(26)27)17(25)9-7-12-6-8-15(19)14(10-12)18(20,21)22/h2-10H,11H2,1H3/b9-7+. The Balaban J connectivity index is 2.14. The summed E-state index contributed by atoms with van der Waals surface area (Å²) in [4.78, 5) is 23.9. The lowest BCUT2D eigenvalue weighted by molar-refractivity contribution is -0.385. The lowest BCUT2D eigenvalue weighted by Gasteiger charge is -2.15. The van der Waals surface area contributed by atoms with E-state index < -0.39 is 27.6 Å². The van der Waals surface area contributed by atoms with Gasteiger partial charge in [-0.1, -0.05) is 35.9 Å². The van der Waals surface area contributed by atoms with E-state index in [4.69, 9.17) is 11.6 Å². The minimum atomic E-state index is -4.60. The van der Waals surface area contributed by atoms with Crippen molar-refractivity contribution in [3.63, 3.8) is 0 Å². The zero-order valence-electron chi connectivity index (χ0n) is 14.0. The van der Waals surface area contributed by atoms with Crippen LogP contribution in [0.3, 0.4) is 0 Å². The molecule has 27 heavy (non-hydrogen) atoms. The number of para-hydroxylation sites is 1. The maximum absolute atomic E-state index is 12.9. The number of hydrogen-bond donors (Lipinski definition) is 0. The van der Waals surface area contributed by atoms with Crippen LogP contribution in [0.5, 0.6) is 0 Å². The number of likely N-dealkylation sites (N-methyl/N-ethyl adjacent to an activating group) is 1. The van der Waals surface area contributed by atoms with Crippen molar-refractivity contribution in [1.82, 2.24) is 4.90 Å². The van der Waals surface area contributed by atoms with Crippen LogP contribution in [0.2, 0.25) is 5.02 Å². The fraction of sp³-hybridized carbons (Fsp3) is 0.167. The van der Waals surface area contributed by atoms with Gasteiger partial charge in [0.1, 0.15) is 0 Å². The predicted molar refractivity (Wildman–Crippen MR) is 95.1 cm³/mol. The zero-order valence-corrected chi connectivity index (χ0v) is 14.8. The summed E-state index contributed by atoms with van der Waals surface area (Å²) in [5, 5.41) is 10.6. The van der Waals surface area contributed by atoms with E-state index in [1.54, 1.807) is 6.07 Å². The Morgan fingerprint density at radius 3 is 2.56 bits per heavy atom. The molecule has 0 fully saturated rings. The Morgan fingerprint density at radius 2 is 1.93 bits per heavy atom. The molecular weight excluding hydrogens is 385 g/mol. The van der Waals surface area contributed by atoms with E-state index in [1.165, 1.54) is 42.3 Å². The van der Waals surface area contributed by atoms with Crippen molar-refractivity contribution in [1.29, 1.82) is 0 Å². The summed E-state index contributed by atoms with van der Waals surface area (Å²) in [6, 6.07) is 9.28. The average Bonchev–Trinajstić information content (AvgIpc) is 2.60. The molecule has 2 rings (SSSR count). The van der Waals surface area contributed by atoms with Crippen molar-refractivity contribution in [3.05, 3.63) is 80.4 Å². The largest absolute Gasteiger partial charge is 0.417 e. The van der Waals surface area contributed by atoms with Crippen LogP contribution in [-0.4, -0.2) is 22.8 Å². The van der Waals surface area contributed by atoms with E-state index in [2.05, 4.69) is 0 Å². The van der Waals surface area contributed by atoms with Gasteiger partial charge in [-0.3, -0.25) is 14.9 Å². The number of carbonyl (C=O) groups excluding carboxylic acids is 1. The summed E-state index contributed by atoms with van der Waals surface area (Å²) in [7, 11) is 1.44. The second-order valence-corrected chi connectivity index (χ2v) is 6.06. The lowest BCUT2D eigenvalue weighted by atomic mass is 10.1. The first-order valence-electron chi connectivity index (χ1n) is 7.62. The lowest BCUT2D eigenvalue weighted by Crippen LogP contribution is -2.24. The molecule has 0 atom stereocenters. The molecule has 0 heterocycles. The number of nitrogens with zero attached hydrogens (tertiary/aromatic N) is 2. The quantitative estimate of drug-likeness (QED) is 0.407. The Labute approximate surface area is 157 Å². The number of alkyl halides is 3. The zero-order chi connectivity index (χ0) is 20.2. The summed E-state index contributed by atoms with van der Waals surface area (Å²) in [5.74, 6) is -0.517. The van der Waals surface area contributed by atoms with Crippen molar-refractivity contribution < 1.29 is 22.9 Å².